The Morgan fingerprint density at radius 1 is 0.944 bits per heavy atom. The SMILES string of the molecule is Cc1ccccc1CC(=O)NCCc1nc2ccccc2n1CC(=O)N(Cc1ccccc1)C(C)C. The summed E-state index contributed by atoms with van der Waals surface area (Å²) in [6, 6.07) is 25.9. The van der Waals surface area contributed by atoms with Gasteiger partial charge < -0.3 is 14.8 Å². The fourth-order valence-electron chi connectivity index (χ4n) is 4.42. The Labute approximate surface area is 213 Å². The first-order valence-electron chi connectivity index (χ1n) is 12.5. The molecule has 36 heavy (non-hydrogen) atoms. The number of nitrogens with zero attached hydrogens (tertiary/aromatic N) is 3. The van der Waals surface area contributed by atoms with E-state index in [-0.39, 0.29) is 24.4 Å². The van der Waals surface area contributed by atoms with E-state index in [0.717, 1.165) is 33.5 Å². The molecule has 3 aromatic carbocycles. The van der Waals surface area contributed by atoms with Gasteiger partial charge in [-0.05, 0) is 49.6 Å². The van der Waals surface area contributed by atoms with Crippen LogP contribution in [0.25, 0.3) is 11.0 Å². The molecule has 1 aromatic heterocycles. The molecule has 0 bridgehead atoms. The van der Waals surface area contributed by atoms with Crippen LogP contribution in [0.4, 0.5) is 0 Å². The first-order valence-corrected chi connectivity index (χ1v) is 12.5. The zero-order chi connectivity index (χ0) is 25.5. The molecule has 4 aromatic rings. The highest BCUT2D eigenvalue weighted by Crippen LogP contribution is 2.18. The second kappa shape index (κ2) is 11.7. The number of nitrogens with one attached hydrogen (secondary N) is 1. The Morgan fingerprint density at radius 3 is 2.39 bits per heavy atom. The van der Waals surface area contributed by atoms with Crippen LogP contribution in [-0.2, 0) is 35.5 Å². The summed E-state index contributed by atoms with van der Waals surface area (Å²) in [6.45, 7) is 7.32. The van der Waals surface area contributed by atoms with Crippen molar-refractivity contribution in [3.8, 4) is 0 Å². The summed E-state index contributed by atoms with van der Waals surface area (Å²) in [5.74, 6) is 0.822. The first-order chi connectivity index (χ1) is 17.4. The molecule has 1 heterocycles. The van der Waals surface area contributed by atoms with Crippen molar-refractivity contribution in [1.82, 2.24) is 19.8 Å². The Morgan fingerprint density at radius 2 is 1.64 bits per heavy atom. The maximum absolute atomic E-state index is 13.5. The van der Waals surface area contributed by atoms with Crippen molar-refractivity contribution < 1.29 is 9.59 Å². The molecule has 0 aliphatic carbocycles. The number of fused-ring (bicyclic) bond motifs is 1. The maximum atomic E-state index is 13.5. The summed E-state index contributed by atoms with van der Waals surface area (Å²) in [4.78, 5) is 32.7. The molecule has 0 saturated carbocycles. The van der Waals surface area contributed by atoms with Crippen LogP contribution in [-0.4, -0.2) is 38.9 Å². The molecule has 2 amide bonds. The minimum Gasteiger partial charge on any atom is -0.355 e. The molecular formula is C30H34N4O2. The van der Waals surface area contributed by atoms with Crippen molar-refractivity contribution in [2.24, 2.45) is 0 Å². The Hall–Kier alpha value is -3.93. The van der Waals surface area contributed by atoms with Crippen LogP contribution >= 0.6 is 0 Å². The number of imidazole rings is 1. The van der Waals surface area contributed by atoms with E-state index in [1.165, 1.54) is 0 Å². The van der Waals surface area contributed by atoms with Gasteiger partial charge in [0.05, 0.1) is 17.5 Å². The van der Waals surface area contributed by atoms with Crippen molar-refractivity contribution in [2.75, 3.05) is 6.54 Å². The minimum absolute atomic E-state index is 0.0168. The topological polar surface area (TPSA) is 67.2 Å². The molecular weight excluding hydrogens is 448 g/mol. The van der Waals surface area contributed by atoms with Crippen molar-refractivity contribution in [3.05, 3.63) is 101 Å². The van der Waals surface area contributed by atoms with Crippen LogP contribution in [0, 0.1) is 6.92 Å². The molecule has 1 N–H and O–H groups in total. The zero-order valence-corrected chi connectivity index (χ0v) is 21.3. The summed E-state index contributed by atoms with van der Waals surface area (Å²) in [6.07, 6.45) is 0.895. The fraction of sp³-hybridized carbons (Fsp3) is 0.300. The molecule has 4 rings (SSSR count). The van der Waals surface area contributed by atoms with Gasteiger partial charge in [0.15, 0.2) is 0 Å². The highest BCUT2D eigenvalue weighted by atomic mass is 16.2. The van der Waals surface area contributed by atoms with E-state index < -0.39 is 0 Å². The van der Waals surface area contributed by atoms with E-state index in [0.29, 0.717) is 25.9 Å². The second-order valence-electron chi connectivity index (χ2n) is 9.41. The van der Waals surface area contributed by atoms with Crippen molar-refractivity contribution in [1.29, 1.82) is 0 Å². The predicted molar refractivity (Wildman–Crippen MR) is 143 cm³/mol. The lowest BCUT2D eigenvalue weighted by Gasteiger charge is -2.27. The lowest BCUT2D eigenvalue weighted by molar-refractivity contribution is -0.134. The monoisotopic (exact) mass is 482 g/mol. The van der Waals surface area contributed by atoms with Crippen LogP contribution in [0.2, 0.25) is 0 Å². The van der Waals surface area contributed by atoms with E-state index in [1.807, 2.05) is 109 Å². The Kier molecular flexibility index (Phi) is 8.16. The van der Waals surface area contributed by atoms with Gasteiger partial charge in [-0.15, -0.1) is 0 Å². The van der Waals surface area contributed by atoms with Crippen LogP contribution in [0.3, 0.4) is 0 Å². The summed E-state index contributed by atoms with van der Waals surface area (Å²) in [5.41, 5.74) is 5.02. The van der Waals surface area contributed by atoms with Gasteiger partial charge >= 0.3 is 0 Å². The third kappa shape index (κ3) is 6.19. The number of hydrogen-bond acceptors (Lipinski definition) is 3. The van der Waals surface area contributed by atoms with Crippen molar-refractivity contribution in [2.45, 2.75) is 52.7 Å². The Balaban J connectivity index is 1.46. The van der Waals surface area contributed by atoms with Gasteiger partial charge in [0, 0.05) is 25.6 Å². The zero-order valence-electron chi connectivity index (χ0n) is 21.3. The third-order valence-corrected chi connectivity index (χ3v) is 6.45. The number of rotatable bonds is 10. The lowest BCUT2D eigenvalue weighted by atomic mass is 10.1. The first kappa shape index (κ1) is 25.2. The van der Waals surface area contributed by atoms with E-state index >= 15 is 0 Å². The van der Waals surface area contributed by atoms with E-state index in [2.05, 4.69) is 5.32 Å². The molecule has 0 aliphatic rings. The summed E-state index contributed by atoms with van der Waals surface area (Å²) >= 11 is 0. The molecule has 0 atom stereocenters. The van der Waals surface area contributed by atoms with Crippen LogP contribution in [0.1, 0.15) is 36.4 Å². The van der Waals surface area contributed by atoms with E-state index in [4.69, 9.17) is 4.98 Å². The average Bonchev–Trinajstić information content (AvgIpc) is 3.21. The van der Waals surface area contributed by atoms with E-state index in [1.54, 1.807) is 0 Å². The number of para-hydroxylation sites is 2. The molecule has 0 spiro atoms. The second-order valence-corrected chi connectivity index (χ2v) is 9.41. The third-order valence-electron chi connectivity index (χ3n) is 6.45. The van der Waals surface area contributed by atoms with E-state index in [9.17, 15) is 9.59 Å². The predicted octanol–water partition coefficient (Wildman–Crippen LogP) is 4.68. The molecule has 6 heteroatoms. The minimum atomic E-state index is -0.0168. The highest BCUT2D eigenvalue weighted by molar-refractivity contribution is 5.81. The summed E-state index contributed by atoms with van der Waals surface area (Å²) in [7, 11) is 0. The molecule has 186 valence electrons. The number of carbonyl (C=O) groups excluding carboxylic acids is 2. The summed E-state index contributed by atoms with van der Waals surface area (Å²) in [5, 5.41) is 3.02. The molecule has 0 aliphatic heterocycles. The van der Waals surface area contributed by atoms with Crippen molar-refractivity contribution in [3.63, 3.8) is 0 Å². The molecule has 6 nitrogen and oxygen atoms in total. The fourth-order valence-corrected chi connectivity index (χ4v) is 4.42. The van der Waals surface area contributed by atoms with Gasteiger partial charge in [0.1, 0.15) is 12.4 Å². The van der Waals surface area contributed by atoms with Crippen molar-refractivity contribution >= 4 is 22.8 Å². The number of carbonyl (C=O) groups is 2. The number of benzene rings is 3. The smallest absolute Gasteiger partial charge is 0.243 e. The van der Waals surface area contributed by atoms with Gasteiger partial charge in [-0.1, -0.05) is 66.7 Å². The van der Waals surface area contributed by atoms with Gasteiger partial charge in [-0.25, -0.2) is 4.98 Å². The van der Waals surface area contributed by atoms with Gasteiger partial charge in [0.2, 0.25) is 11.8 Å². The molecule has 0 fully saturated rings. The molecule has 0 saturated heterocycles. The lowest BCUT2D eigenvalue weighted by Crippen LogP contribution is -2.39. The highest BCUT2D eigenvalue weighted by Gasteiger charge is 2.21. The van der Waals surface area contributed by atoms with Gasteiger partial charge in [-0.2, -0.15) is 0 Å². The number of amides is 2. The largest absolute Gasteiger partial charge is 0.355 e. The average molecular weight is 483 g/mol. The molecule has 0 unspecified atom stereocenters. The van der Waals surface area contributed by atoms with Gasteiger partial charge in [-0.3, -0.25) is 9.59 Å². The number of aryl methyl sites for hydroxylation is 1. The normalized spacial score (nSPS) is 11.1. The number of hydrogen-bond donors (Lipinski definition) is 1. The maximum Gasteiger partial charge on any atom is 0.243 e. The van der Waals surface area contributed by atoms with Crippen LogP contribution in [0.5, 0.6) is 0 Å². The molecule has 0 radical (unpaired) electrons. The van der Waals surface area contributed by atoms with Crippen LogP contribution in [0.15, 0.2) is 78.9 Å². The van der Waals surface area contributed by atoms with Gasteiger partial charge in [0.25, 0.3) is 0 Å². The standard InChI is InChI=1S/C30H34N4O2/c1-22(2)33(20-24-12-5-4-6-13-24)30(36)21-34-27-16-10-9-15-26(27)32-28(34)17-18-31-29(35)19-25-14-8-7-11-23(25)3/h4-16,22H,17-21H2,1-3H3,(H,31,35). The quantitative estimate of drug-likeness (QED) is 0.357. The van der Waals surface area contributed by atoms with Crippen LogP contribution < -0.4 is 5.32 Å². The Bertz CT molecular complexity index is 1330. The number of aromatic nitrogens is 2. The summed E-state index contributed by atoms with van der Waals surface area (Å²) < 4.78 is 1.99.